The molecule has 35 heavy (non-hydrogen) atoms. The van der Waals surface area contributed by atoms with Gasteiger partial charge in [0.15, 0.2) is 0 Å². The lowest BCUT2D eigenvalue weighted by molar-refractivity contribution is -0.140. The molecular formula is C24H23F3N6OS. The average molecular weight is 501 g/mol. The van der Waals surface area contributed by atoms with Crippen LogP contribution in [-0.4, -0.2) is 46.7 Å². The molecular weight excluding hydrogens is 477 g/mol. The number of methoxy groups -OCH3 is 1. The molecule has 1 fully saturated rings. The largest absolute Gasteiger partial charge is 0.481 e. The zero-order valence-electron chi connectivity index (χ0n) is 18.9. The Morgan fingerprint density at radius 1 is 1.11 bits per heavy atom. The molecule has 5 heterocycles. The van der Waals surface area contributed by atoms with Gasteiger partial charge in [0.05, 0.1) is 12.6 Å². The van der Waals surface area contributed by atoms with E-state index in [4.69, 9.17) is 4.74 Å². The van der Waals surface area contributed by atoms with Gasteiger partial charge in [-0.1, -0.05) is 0 Å². The Morgan fingerprint density at radius 3 is 2.66 bits per heavy atom. The number of alkyl halides is 3. The first-order valence-electron chi connectivity index (χ1n) is 11.2. The molecule has 7 nitrogen and oxygen atoms in total. The SMILES string of the molecule is COc1ccnc(N2CCC(CNc3ncc(-c4ccsc4)c4nc(C(F)(F)F)ccc34)CC2)n1. The Balaban J connectivity index is 1.32. The summed E-state index contributed by atoms with van der Waals surface area (Å²) in [7, 11) is 1.58. The van der Waals surface area contributed by atoms with Crippen molar-refractivity contribution in [1.29, 1.82) is 0 Å². The molecule has 5 rings (SSSR count). The number of aromatic nitrogens is 4. The first-order chi connectivity index (χ1) is 16.9. The van der Waals surface area contributed by atoms with Crippen LogP contribution in [0, 0.1) is 5.92 Å². The molecule has 0 atom stereocenters. The molecule has 182 valence electrons. The summed E-state index contributed by atoms with van der Waals surface area (Å²) >= 11 is 1.47. The lowest BCUT2D eigenvalue weighted by Gasteiger charge is -2.32. The van der Waals surface area contributed by atoms with Crippen LogP contribution in [0.1, 0.15) is 18.5 Å². The molecule has 0 aromatic carbocycles. The van der Waals surface area contributed by atoms with Crippen molar-refractivity contribution in [2.24, 2.45) is 5.92 Å². The van der Waals surface area contributed by atoms with Gasteiger partial charge < -0.3 is 15.0 Å². The van der Waals surface area contributed by atoms with Gasteiger partial charge in [0, 0.05) is 49.0 Å². The number of hydrogen-bond acceptors (Lipinski definition) is 8. The maximum absolute atomic E-state index is 13.4. The summed E-state index contributed by atoms with van der Waals surface area (Å²) in [5.74, 6) is 2.11. The number of rotatable bonds is 6. The number of nitrogens with zero attached hydrogens (tertiary/aromatic N) is 5. The van der Waals surface area contributed by atoms with Gasteiger partial charge in [-0.2, -0.15) is 29.5 Å². The van der Waals surface area contributed by atoms with Crippen LogP contribution in [0.4, 0.5) is 24.9 Å². The summed E-state index contributed by atoms with van der Waals surface area (Å²) in [4.78, 5) is 19.4. The zero-order valence-corrected chi connectivity index (χ0v) is 19.7. The highest BCUT2D eigenvalue weighted by Crippen LogP contribution is 2.35. The molecule has 0 spiro atoms. The van der Waals surface area contributed by atoms with E-state index in [-0.39, 0.29) is 0 Å². The molecule has 1 aliphatic rings. The molecule has 0 aliphatic carbocycles. The van der Waals surface area contributed by atoms with Crippen molar-refractivity contribution < 1.29 is 17.9 Å². The van der Waals surface area contributed by atoms with Crippen LogP contribution < -0.4 is 15.0 Å². The minimum absolute atomic E-state index is 0.292. The molecule has 1 N–H and O–H groups in total. The number of thiophene rings is 1. The van der Waals surface area contributed by atoms with Gasteiger partial charge in [-0.3, -0.25) is 0 Å². The van der Waals surface area contributed by atoms with Crippen LogP contribution in [0.2, 0.25) is 0 Å². The van der Waals surface area contributed by atoms with Crippen molar-refractivity contribution in [1.82, 2.24) is 19.9 Å². The minimum atomic E-state index is -4.52. The lowest BCUT2D eigenvalue weighted by atomic mass is 9.97. The second-order valence-electron chi connectivity index (χ2n) is 8.33. The number of anilines is 2. The highest BCUT2D eigenvalue weighted by atomic mass is 32.1. The van der Waals surface area contributed by atoms with Gasteiger partial charge in [-0.25, -0.2) is 15.0 Å². The standard InChI is InChI=1S/C24H23F3N6OS/c1-34-20-4-8-28-23(32-20)33-9-5-15(6-10-33)12-29-22-17-2-3-19(24(25,26)27)31-21(17)18(13-30-22)16-7-11-35-14-16/h2-4,7-8,11,13-15H,5-6,9-10,12H2,1H3,(H,29,30). The summed E-state index contributed by atoms with van der Waals surface area (Å²) in [6.45, 7) is 2.27. The van der Waals surface area contributed by atoms with Crippen molar-refractivity contribution in [3.8, 4) is 17.0 Å². The molecule has 1 aliphatic heterocycles. The number of halogens is 3. The smallest absolute Gasteiger partial charge is 0.433 e. The van der Waals surface area contributed by atoms with E-state index in [2.05, 4.69) is 30.2 Å². The second-order valence-corrected chi connectivity index (χ2v) is 9.11. The highest BCUT2D eigenvalue weighted by molar-refractivity contribution is 7.08. The number of ether oxygens (including phenoxy) is 1. The van der Waals surface area contributed by atoms with E-state index in [1.165, 1.54) is 17.4 Å². The minimum Gasteiger partial charge on any atom is -0.481 e. The maximum Gasteiger partial charge on any atom is 0.433 e. The van der Waals surface area contributed by atoms with Crippen LogP contribution in [-0.2, 0) is 6.18 Å². The first kappa shape index (κ1) is 23.3. The molecule has 0 radical (unpaired) electrons. The van der Waals surface area contributed by atoms with Gasteiger partial charge in [0.2, 0.25) is 11.8 Å². The summed E-state index contributed by atoms with van der Waals surface area (Å²) in [6.07, 6.45) is 0.619. The molecule has 0 saturated carbocycles. The van der Waals surface area contributed by atoms with Crippen LogP contribution in [0.5, 0.6) is 5.88 Å². The topological polar surface area (TPSA) is 76.1 Å². The van der Waals surface area contributed by atoms with E-state index in [0.717, 1.165) is 37.6 Å². The van der Waals surface area contributed by atoms with E-state index in [9.17, 15) is 13.2 Å². The van der Waals surface area contributed by atoms with Crippen LogP contribution in [0.3, 0.4) is 0 Å². The molecule has 4 aromatic rings. The normalized spacial score (nSPS) is 14.9. The fourth-order valence-corrected chi connectivity index (χ4v) is 4.88. The fourth-order valence-electron chi connectivity index (χ4n) is 4.22. The van der Waals surface area contributed by atoms with E-state index >= 15 is 0 Å². The van der Waals surface area contributed by atoms with Crippen molar-refractivity contribution in [3.05, 3.63) is 53.1 Å². The lowest BCUT2D eigenvalue weighted by Crippen LogP contribution is -2.36. The first-order valence-corrected chi connectivity index (χ1v) is 12.1. The predicted octanol–water partition coefficient (Wildman–Crippen LogP) is 5.50. The summed E-state index contributed by atoms with van der Waals surface area (Å²) in [5, 5.41) is 7.69. The summed E-state index contributed by atoms with van der Waals surface area (Å²) < 4.78 is 45.3. The van der Waals surface area contributed by atoms with Crippen molar-refractivity contribution in [2.45, 2.75) is 19.0 Å². The van der Waals surface area contributed by atoms with E-state index in [1.54, 1.807) is 25.6 Å². The number of hydrogen-bond donors (Lipinski definition) is 1. The third-order valence-electron chi connectivity index (χ3n) is 6.13. The molecule has 0 amide bonds. The third kappa shape index (κ3) is 5.00. The molecule has 11 heteroatoms. The molecule has 4 aromatic heterocycles. The van der Waals surface area contributed by atoms with Crippen molar-refractivity contribution in [2.75, 3.05) is 37.0 Å². The summed E-state index contributed by atoms with van der Waals surface area (Å²) in [5.41, 5.74) is 0.772. The van der Waals surface area contributed by atoms with Crippen LogP contribution in [0.15, 0.2) is 47.4 Å². The van der Waals surface area contributed by atoms with E-state index < -0.39 is 11.9 Å². The quantitative estimate of drug-likeness (QED) is 0.374. The van der Waals surface area contributed by atoms with Gasteiger partial charge in [0.25, 0.3) is 0 Å². The van der Waals surface area contributed by atoms with E-state index in [0.29, 0.717) is 46.6 Å². The van der Waals surface area contributed by atoms with Crippen molar-refractivity contribution >= 4 is 34.0 Å². The Labute approximate surface area is 204 Å². The Kier molecular flexibility index (Phi) is 6.42. The zero-order chi connectivity index (χ0) is 24.4. The maximum atomic E-state index is 13.4. The fraction of sp³-hybridized carbons (Fsp3) is 0.333. The highest BCUT2D eigenvalue weighted by Gasteiger charge is 2.33. The third-order valence-corrected chi connectivity index (χ3v) is 6.82. The molecule has 1 saturated heterocycles. The van der Waals surface area contributed by atoms with Gasteiger partial charge >= 0.3 is 6.18 Å². The second kappa shape index (κ2) is 9.65. The van der Waals surface area contributed by atoms with E-state index in [1.807, 2.05) is 16.8 Å². The Morgan fingerprint density at radius 2 is 1.94 bits per heavy atom. The number of fused-ring (bicyclic) bond motifs is 1. The number of pyridine rings is 2. The van der Waals surface area contributed by atoms with Gasteiger partial charge in [0.1, 0.15) is 11.5 Å². The monoisotopic (exact) mass is 500 g/mol. The molecule has 0 bridgehead atoms. The Bertz CT molecular complexity index is 1310. The summed E-state index contributed by atoms with van der Waals surface area (Å²) in [6, 6.07) is 6.04. The van der Waals surface area contributed by atoms with Crippen LogP contribution >= 0.6 is 11.3 Å². The average Bonchev–Trinajstić information content (AvgIpc) is 3.41. The number of nitrogens with one attached hydrogen (secondary N) is 1. The predicted molar refractivity (Wildman–Crippen MR) is 130 cm³/mol. The Hall–Kier alpha value is -3.47. The van der Waals surface area contributed by atoms with Crippen molar-refractivity contribution in [3.63, 3.8) is 0 Å². The van der Waals surface area contributed by atoms with Crippen LogP contribution in [0.25, 0.3) is 22.0 Å². The van der Waals surface area contributed by atoms with Gasteiger partial charge in [-0.15, -0.1) is 0 Å². The number of piperidine rings is 1. The molecule has 0 unspecified atom stereocenters. The van der Waals surface area contributed by atoms with Gasteiger partial charge in [-0.05, 0) is 53.3 Å².